The molecule has 12 heterocycles. The Bertz CT molecular complexity index is 4160. The monoisotopic (exact) mass is 2140 g/mol. The van der Waals surface area contributed by atoms with Crippen molar-refractivity contribution in [3.05, 3.63) is 0 Å². The number of rotatable bonds is 37. The van der Waals surface area contributed by atoms with Gasteiger partial charge in [-0.15, -0.1) is 0 Å². The van der Waals surface area contributed by atoms with Crippen molar-refractivity contribution >= 4 is 35.6 Å². The van der Waals surface area contributed by atoms with Gasteiger partial charge in [-0.2, -0.15) is 0 Å². The lowest BCUT2D eigenvalue weighted by Crippen LogP contribution is -2.71. The van der Waals surface area contributed by atoms with Crippen LogP contribution in [0.1, 0.15) is 34.6 Å². The van der Waals surface area contributed by atoms with E-state index < -0.39 is 463 Å². The van der Waals surface area contributed by atoms with Crippen LogP contribution in [0.15, 0.2) is 0 Å². The molecular formula is C80H130N4O62. The first-order valence-electron chi connectivity index (χ1n) is 46.0. The summed E-state index contributed by atoms with van der Waals surface area (Å²) in [7, 11) is 0. The molecule has 66 heteroatoms. The van der Waals surface area contributed by atoms with Gasteiger partial charge in [-0.3, -0.25) is 19.2 Å². The summed E-state index contributed by atoms with van der Waals surface area (Å²) in [6.07, 6.45) is -125. The maximum Gasteiger partial charge on any atom is 0.335 e. The molecule has 12 aliphatic heterocycles. The summed E-state index contributed by atoms with van der Waals surface area (Å²) in [6, 6.07) is -8.17. The van der Waals surface area contributed by atoms with Gasteiger partial charge in [0.2, 0.25) is 23.6 Å². The summed E-state index contributed by atoms with van der Waals surface area (Å²) in [5.41, 5.74) is 0. The molecule has 60 atom stereocenters. The van der Waals surface area contributed by atoms with Gasteiger partial charge < -0.3 is 299 Å². The average Bonchev–Trinajstić information content (AvgIpc) is 0.759. The lowest BCUT2D eigenvalue weighted by atomic mass is 9.93. The van der Waals surface area contributed by atoms with E-state index in [0.29, 0.717) is 0 Å². The molecule has 4 amide bonds. The fraction of sp³-hybridized carbons (Fsp3) is 0.925. The highest BCUT2D eigenvalue weighted by molar-refractivity contribution is 5.75. The van der Waals surface area contributed by atoms with Crippen molar-refractivity contribution in [1.29, 1.82) is 0 Å². The zero-order valence-corrected chi connectivity index (χ0v) is 77.6. The SMILES string of the molecule is CC(=O)N[C@@H]1[C@@H](O)[C@H](O[C@@H]2O[C@H](CO)[C@@H](O[C@@H]3O[C@H](CO[C@H]4O[C@H](CO)[C@@H](O)[C@H](O)[C@@H]4O[C@@H]4O[C@H](CO)[C@@H](O[C@@H]5O[C@H](CO)[C@H](O)[C@H](O[C@@H]6O[C@H](C(=O)O)[C@@H](O)[C@H](O)[C@H]6O)[C@H]5O)[C@H](O)[C@H]4NC(C)=O)[C@@H](O)[C@H](O[C@H]4O[C@H](CO)[C@@H](O)[C@H](O)[C@@H]4O[C@@H]4O[C@H](CO)[C@@H](O[C@@H]5O[C@H](CO)[C@H](O)[C@H](O[C@@H]6O[C@H](C(=O)O)[C@@H](O)[C@H](O)[C@H]6O)[C@H]5O)[C@H](O)[C@H]4NC(C)=O)[C@@H]3O)[C@H](O)[C@H]2NC(C)=O)[C@@H](CO[C@@H]2O[C@@H](C)[C@@H](O)[C@@H](O)[C@@H]2O)O[C@H]1O. The van der Waals surface area contributed by atoms with Gasteiger partial charge in [-0.25, -0.2) is 9.59 Å². The summed E-state index contributed by atoms with van der Waals surface area (Å²) < 4.78 is 135. The molecule has 0 bridgehead atoms. The van der Waals surface area contributed by atoms with Crippen molar-refractivity contribution in [2.75, 3.05) is 59.5 Å². The van der Waals surface area contributed by atoms with Crippen LogP contribution in [0, 0.1) is 0 Å². The van der Waals surface area contributed by atoms with Gasteiger partial charge >= 0.3 is 11.9 Å². The third kappa shape index (κ3) is 25.9. The predicted octanol–water partition coefficient (Wildman–Crippen LogP) is -25.4. The van der Waals surface area contributed by atoms with Crippen LogP contribution in [0.4, 0.5) is 0 Å². The van der Waals surface area contributed by atoms with Crippen molar-refractivity contribution in [1.82, 2.24) is 21.3 Å². The molecule has 842 valence electrons. The smallest absolute Gasteiger partial charge is 0.335 e. The van der Waals surface area contributed by atoms with Crippen LogP contribution in [-0.2, 0) is 138 Å². The standard InChI is InChI=1S/C80H130N4O62/c1-15-33(96)43(106)50(113)73(126-15)124-14-28-59(39(102)29(69(123)127-28)81-16(2)92)136-70-30(82-17(3)93)40(103)58(24(10-89)132-70)139-78-55(118)62(142-80-66(47(110)35(98)21(7-86)131-80)146-72-32(84-19(5)95)42(105)57(26(12-91)134-72)138-77-54(117)61(37(100)23(9-88)129-77)141-75-52(115)45(108)49(112)64(144-75)68(121)122)38(101)27(135-78)13-125-79-65(46(109)34(97)20(6-85)130-79)145-71-31(83-18(4)94)41(104)56(25(11-90)133-71)137-76-53(116)60(36(99)22(8-87)128-76)140-74-51(114)44(107)48(111)63(143-74)67(119)120/h15,20-66,69-80,85-91,96-118,123H,6-14H2,1-5H3,(H,81,92)(H,82,93)(H,83,94)(H,84,95)(H,119,120)(H,121,122)/t15-,20+,21+,22+,23+,24+,25+,26+,27+,28+,29+,30+,31+,32+,33+,34+,35+,36-,37-,38+,39+,40+,41+,42+,43+,44-,45-,46-,47-,48-,49-,50-,51+,52+,53+,54+,55-,56+,57+,58+,59+,60-,61-,62-,63-,64-,65-,66-,69+,70-,71-,72-,73+,74+,75+,76-,77-,78-,79-,80+/m0/s1. The highest BCUT2D eigenvalue weighted by Gasteiger charge is 2.64. The Morgan fingerprint density at radius 2 is 0.466 bits per heavy atom. The number of nitrogens with one attached hydrogen (secondary N) is 4. The number of amides is 4. The first-order chi connectivity index (χ1) is 68.9. The van der Waals surface area contributed by atoms with Gasteiger partial charge in [0.15, 0.2) is 87.7 Å². The summed E-state index contributed by atoms with van der Waals surface area (Å²) >= 11 is 0. The summed E-state index contributed by atoms with van der Waals surface area (Å²) in [5, 5.41) is 379. The minimum Gasteiger partial charge on any atom is -0.479 e. The quantitative estimate of drug-likeness (QED) is 0.0275. The molecule has 12 fully saturated rings. The molecule has 0 saturated carbocycles. The molecule has 66 nitrogen and oxygen atoms in total. The molecule has 37 N–H and O–H groups in total. The second kappa shape index (κ2) is 51.4. The third-order valence-electron chi connectivity index (χ3n) is 26.6. The van der Waals surface area contributed by atoms with Crippen molar-refractivity contribution in [2.45, 2.75) is 403 Å². The predicted molar refractivity (Wildman–Crippen MR) is 441 cm³/mol. The summed E-state index contributed by atoms with van der Waals surface area (Å²) in [6.45, 7) is -6.22. The normalized spacial score (nSPS) is 49.8. The number of aliphatic hydroxyl groups is 31. The zero-order chi connectivity index (χ0) is 108. The molecule has 0 aromatic heterocycles. The molecule has 12 rings (SSSR count). The number of hydrogen-bond acceptors (Lipinski definition) is 60. The van der Waals surface area contributed by atoms with Crippen LogP contribution in [-0.4, -0.2) is 632 Å². The van der Waals surface area contributed by atoms with Crippen LogP contribution in [0.2, 0.25) is 0 Å². The average molecular weight is 2140 g/mol. The van der Waals surface area contributed by atoms with Gasteiger partial charge in [0, 0.05) is 27.7 Å². The maximum atomic E-state index is 13.4. The number of hydrogen-bond donors (Lipinski definition) is 37. The second-order valence-electron chi connectivity index (χ2n) is 36.7. The number of carbonyl (C=O) groups is 6. The molecule has 12 saturated heterocycles. The van der Waals surface area contributed by atoms with E-state index in [4.69, 9.17) is 109 Å². The van der Waals surface area contributed by atoms with Crippen LogP contribution < -0.4 is 21.3 Å². The third-order valence-corrected chi connectivity index (χ3v) is 26.6. The van der Waals surface area contributed by atoms with Crippen molar-refractivity contribution in [3.63, 3.8) is 0 Å². The van der Waals surface area contributed by atoms with Crippen LogP contribution >= 0.6 is 0 Å². The minimum atomic E-state index is -2.74. The number of carboxylic acids is 2. The number of carbonyl (C=O) groups excluding carboxylic acids is 4. The Labute approximate surface area is 822 Å². The molecule has 0 aliphatic carbocycles. The lowest BCUT2D eigenvalue weighted by molar-refractivity contribution is -0.400. The van der Waals surface area contributed by atoms with E-state index in [1.54, 1.807) is 0 Å². The van der Waals surface area contributed by atoms with E-state index in [0.717, 1.165) is 27.7 Å². The molecule has 0 aromatic carbocycles. The van der Waals surface area contributed by atoms with Gasteiger partial charge in [0.25, 0.3) is 0 Å². The Morgan fingerprint density at radius 1 is 0.212 bits per heavy atom. The highest BCUT2D eigenvalue weighted by atomic mass is 16.8. The van der Waals surface area contributed by atoms with Crippen LogP contribution in [0.25, 0.3) is 0 Å². The Kier molecular flexibility index (Phi) is 42.0. The van der Waals surface area contributed by atoms with E-state index in [1.165, 1.54) is 6.92 Å². The van der Waals surface area contributed by atoms with E-state index in [1.807, 2.05) is 0 Å². The van der Waals surface area contributed by atoms with Gasteiger partial charge in [-0.05, 0) is 6.92 Å². The van der Waals surface area contributed by atoms with Crippen LogP contribution in [0.5, 0.6) is 0 Å². The molecule has 12 aliphatic rings. The van der Waals surface area contributed by atoms with Crippen LogP contribution in [0.3, 0.4) is 0 Å². The first-order valence-corrected chi connectivity index (χ1v) is 46.0. The van der Waals surface area contributed by atoms with Gasteiger partial charge in [-0.1, -0.05) is 0 Å². The van der Waals surface area contributed by atoms with E-state index in [2.05, 4.69) is 21.3 Å². The number of ether oxygens (including phenoxy) is 23. The number of carboxylic acid groups (broad SMARTS) is 2. The largest absolute Gasteiger partial charge is 0.479 e. The van der Waals surface area contributed by atoms with E-state index in [-0.39, 0.29) is 0 Å². The molecule has 0 aromatic rings. The molecule has 0 spiro atoms. The van der Waals surface area contributed by atoms with Gasteiger partial charge in [0.05, 0.1) is 65.6 Å². The Hall–Kier alpha value is -5.34. The zero-order valence-electron chi connectivity index (χ0n) is 77.6. The fourth-order valence-electron chi connectivity index (χ4n) is 18.7. The highest BCUT2D eigenvalue weighted by Crippen LogP contribution is 2.43. The first kappa shape index (κ1) is 119. The Balaban J connectivity index is 0.857. The number of aliphatic hydroxyl groups excluding tert-OH is 31. The number of aliphatic carboxylic acids is 2. The molecule has 0 unspecified atom stereocenters. The van der Waals surface area contributed by atoms with Gasteiger partial charge in [0.1, 0.15) is 274 Å². The van der Waals surface area contributed by atoms with Crippen molar-refractivity contribution < 1.29 is 306 Å². The van der Waals surface area contributed by atoms with Crippen molar-refractivity contribution in [3.8, 4) is 0 Å². The molecule has 0 radical (unpaired) electrons. The topological polar surface area (TPSA) is 1030 Å². The summed E-state index contributed by atoms with van der Waals surface area (Å²) in [5.74, 6) is -7.86. The molecule has 146 heavy (non-hydrogen) atoms. The van der Waals surface area contributed by atoms with E-state index >= 15 is 0 Å². The maximum absolute atomic E-state index is 13.4. The van der Waals surface area contributed by atoms with E-state index in [9.17, 15) is 197 Å². The molecular weight excluding hydrogens is 2010 g/mol. The second-order valence-corrected chi connectivity index (χ2v) is 36.7. The Morgan fingerprint density at radius 3 is 0.829 bits per heavy atom. The fourth-order valence-corrected chi connectivity index (χ4v) is 18.7. The van der Waals surface area contributed by atoms with Crippen molar-refractivity contribution in [2.24, 2.45) is 0 Å². The summed E-state index contributed by atoms with van der Waals surface area (Å²) in [4.78, 5) is 76.4. The lowest BCUT2D eigenvalue weighted by Gasteiger charge is -2.51. The minimum absolute atomic E-state index is 0.848.